The second-order valence-corrected chi connectivity index (χ2v) is 12.2. The number of carbonyl (C=O) groups excluding carboxylic acids is 1. The minimum atomic E-state index is -0.594. The molecule has 6 nitrogen and oxygen atoms in total. The number of rotatable bonds is 17. The first kappa shape index (κ1) is 33.9. The molecule has 6 rings (SSSR count). The van der Waals surface area contributed by atoms with Crippen LogP contribution in [-0.2, 0) is 38.8 Å². The Balaban J connectivity index is 1.22. The predicted octanol–water partition coefficient (Wildman–Crippen LogP) is 8.86. The van der Waals surface area contributed by atoms with Crippen LogP contribution in [0.5, 0.6) is 0 Å². The number of hydrogen-bond acceptors (Lipinski definition) is 5. The number of alkyl carbamates (subject to hydrolysis) is 1. The molecule has 0 saturated heterocycles. The topological polar surface area (TPSA) is 66.0 Å². The Morgan fingerprint density at radius 1 is 0.653 bits per heavy atom. The van der Waals surface area contributed by atoms with Crippen LogP contribution < -0.4 is 5.32 Å². The van der Waals surface area contributed by atoms with Crippen LogP contribution in [0.2, 0.25) is 0 Å². The van der Waals surface area contributed by atoms with E-state index in [1.54, 1.807) is 0 Å². The average molecular weight is 654 g/mol. The molecule has 0 saturated carbocycles. The van der Waals surface area contributed by atoms with Gasteiger partial charge in [-0.1, -0.05) is 146 Å². The zero-order valence-electron chi connectivity index (χ0n) is 27.7. The minimum Gasteiger partial charge on any atom is -0.449 e. The number of carbonyl (C=O) groups is 1. The number of fused-ring (bicyclic) bond motifs is 3. The second-order valence-electron chi connectivity index (χ2n) is 12.2. The summed E-state index contributed by atoms with van der Waals surface area (Å²) in [6, 6.07) is 46.0. The highest BCUT2D eigenvalue weighted by Gasteiger charge is 2.34. The van der Waals surface area contributed by atoms with Gasteiger partial charge >= 0.3 is 6.09 Å². The predicted molar refractivity (Wildman–Crippen MR) is 193 cm³/mol. The SMILES string of the molecule is C=CC[C@@H](OCc1ccccc1)[C@H](OCc1ccccc1)[C@@H](COCc1ccccc1)NC(=O)OCC1c2ccccc2-c2ccccc21. The van der Waals surface area contributed by atoms with Gasteiger partial charge in [0.2, 0.25) is 0 Å². The van der Waals surface area contributed by atoms with Crippen LogP contribution in [0.4, 0.5) is 4.79 Å². The van der Waals surface area contributed by atoms with Crippen molar-refractivity contribution in [2.45, 2.75) is 50.4 Å². The normalized spacial score (nSPS) is 13.9. The lowest BCUT2D eigenvalue weighted by Crippen LogP contribution is -2.53. The van der Waals surface area contributed by atoms with E-state index in [1.165, 1.54) is 11.1 Å². The van der Waals surface area contributed by atoms with Gasteiger partial charge in [0.15, 0.2) is 0 Å². The van der Waals surface area contributed by atoms with Gasteiger partial charge in [-0.25, -0.2) is 4.79 Å². The fourth-order valence-electron chi connectivity index (χ4n) is 6.38. The Bertz CT molecular complexity index is 1720. The lowest BCUT2D eigenvalue weighted by Gasteiger charge is -2.34. The second kappa shape index (κ2) is 17.4. The van der Waals surface area contributed by atoms with E-state index in [1.807, 2.05) is 121 Å². The number of benzene rings is 5. The molecule has 0 aromatic heterocycles. The van der Waals surface area contributed by atoms with Crippen molar-refractivity contribution in [3.63, 3.8) is 0 Å². The molecule has 5 aromatic rings. The molecule has 49 heavy (non-hydrogen) atoms. The lowest BCUT2D eigenvalue weighted by molar-refractivity contribution is -0.108. The standard InChI is InChI=1S/C43H43NO5/c1-2-16-41(47-28-33-19-8-4-9-20-33)42(48-29-34-21-10-5-11-22-34)40(31-46-27-32-17-6-3-7-18-32)44-43(45)49-30-39-37-25-14-12-23-35(37)36-24-13-15-26-38(36)39/h2-15,17-26,39-42H,1,16,27-31H2,(H,44,45)/t40-,41-,42-/m1/s1. The largest absolute Gasteiger partial charge is 0.449 e. The highest BCUT2D eigenvalue weighted by Crippen LogP contribution is 2.44. The highest BCUT2D eigenvalue weighted by molar-refractivity contribution is 5.79. The minimum absolute atomic E-state index is 0.0567. The third-order valence-electron chi connectivity index (χ3n) is 8.81. The van der Waals surface area contributed by atoms with Crippen molar-refractivity contribution in [3.8, 4) is 11.1 Å². The quantitative estimate of drug-likeness (QED) is 0.102. The van der Waals surface area contributed by atoms with E-state index < -0.39 is 24.3 Å². The van der Waals surface area contributed by atoms with E-state index in [0.29, 0.717) is 26.2 Å². The van der Waals surface area contributed by atoms with Gasteiger partial charge in [0, 0.05) is 5.92 Å². The van der Waals surface area contributed by atoms with Crippen LogP contribution in [-0.4, -0.2) is 37.6 Å². The highest BCUT2D eigenvalue weighted by atomic mass is 16.6. The van der Waals surface area contributed by atoms with Gasteiger partial charge in [0.05, 0.1) is 38.6 Å². The third-order valence-corrected chi connectivity index (χ3v) is 8.81. The maximum Gasteiger partial charge on any atom is 0.407 e. The van der Waals surface area contributed by atoms with Crippen molar-refractivity contribution < 1.29 is 23.7 Å². The zero-order chi connectivity index (χ0) is 33.7. The van der Waals surface area contributed by atoms with Crippen molar-refractivity contribution in [2.75, 3.05) is 13.2 Å². The summed E-state index contributed by atoms with van der Waals surface area (Å²) in [5.41, 5.74) is 7.75. The van der Waals surface area contributed by atoms with Crippen molar-refractivity contribution in [1.82, 2.24) is 5.32 Å². The summed E-state index contributed by atoms with van der Waals surface area (Å²) in [5.74, 6) is -0.0567. The lowest BCUT2D eigenvalue weighted by atomic mass is 9.98. The van der Waals surface area contributed by atoms with Gasteiger partial charge in [-0.05, 0) is 45.4 Å². The van der Waals surface area contributed by atoms with Crippen molar-refractivity contribution in [2.24, 2.45) is 0 Å². The molecule has 0 fully saturated rings. The molecule has 5 aromatic carbocycles. The summed E-state index contributed by atoms with van der Waals surface area (Å²) < 4.78 is 25.4. The van der Waals surface area contributed by atoms with E-state index in [4.69, 9.17) is 18.9 Å². The average Bonchev–Trinajstić information content (AvgIpc) is 3.47. The van der Waals surface area contributed by atoms with Gasteiger partial charge in [-0.3, -0.25) is 0 Å². The molecule has 1 aliphatic carbocycles. The molecule has 0 unspecified atom stereocenters. The Morgan fingerprint density at radius 3 is 1.69 bits per heavy atom. The third kappa shape index (κ3) is 9.12. The first-order valence-electron chi connectivity index (χ1n) is 16.8. The van der Waals surface area contributed by atoms with Gasteiger partial charge < -0.3 is 24.3 Å². The molecule has 1 aliphatic rings. The van der Waals surface area contributed by atoms with Gasteiger partial charge in [-0.15, -0.1) is 6.58 Å². The Kier molecular flexibility index (Phi) is 12.0. The number of nitrogens with one attached hydrogen (secondary N) is 1. The maximum absolute atomic E-state index is 13.7. The summed E-state index contributed by atoms with van der Waals surface area (Å²) in [4.78, 5) is 13.7. The van der Waals surface area contributed by atoms with Gasteiger partial charge in [0.25, 0.3) is 0 Å². The molecule has 1 amide bonds. The van der Waals surface area contributed by atoms with Crippen LogP contribution >= 0.6 is 0 Å². The van der Waals surface area contributed by atoms with E-state index >= 15 is 0 Å². The van der Waals surface area contributed by atoms with E-state index in [9.17, 15) is 4.79 Å². The van der Waals surface area contributed by atoms with Crippen LogP contribution in [0.1, 0.15) is 40.2 Å². The summed E-state index contributed by atoms with van der Waals surface area (Å²) in [6.07, 6.45) is 0.778. The molecule has 1 N–H and O–H groups in total. The Morgan fingerprint density at radius 2 is 1.14 bits per heavy atom. The summed E-state index contributed by atoms with van der Waals surface area (Å²) in [7, 11) is 0. The first-order chi connectivity index (χ1) is 24.2. The molecular formula is C43H43NO5. The molecule has 0 radical (unpaired) electrons. The van der Waals surface area contributed by atoms with Crippen molar-refractivity contribution >= 4 is 6.09 Å². The number of amides is 1. The maximum atomic E-state index is 13.7. The van der Waals surface area contributed by atoms with Gasteiger partial charge in [0.1, 0.15) is 12.7 Å². The van der Waals surface area contributed by atoms with Crippen LogP contribution in [0.3, 0.4) is 0 Å². The van der Waals surface area contributed by atoms with Crippen molar-refractivity contribution in [3.05, 3.63) is 180 Å². The summed E-state index contributed by atoms with van der Waals surface area (Å²) in [6.45, 7) is 5.49. The smallest absolute Gasteiger partial charge is 0.407 e. The van der Waals surface area contributed by atoms with Crippen LogP contribution in [0.25, 0.3) is 11.1 Å². The van der Waals surface area contributed by atoms with E-state index in [0.717, 1.165) is 27.8 Å². The first-order valence-corrected chi connectivity index (χ1v) is 16.8. The summed E-state index contributed by atoms with van der Waals surface area (Å²) >= 11 is 0. The Labute approximate surface area is 289 Å². The molecule has 0 heterocycles. The fraction of sp³-hybridized carbons (Fsp3) is 0.233. The summed E-state index contributed by atoms with van der Waals surface area (Å²) in [5, 5.41) is 3.12. The molecule has 3 atom stereocenters. The van der Waals surface area contributed by atoms with Crippen LogP contribution in [0.15, 0.2) is 152 Å². The van der Waals surface area contributed by atoms with Gasteiger partial charge in [-0.2, -0.15) is 0 Å². The van der Waals surface area contributed by atoms with Crippen LogP contribution in [0, 0.1) is 0 Å². The molecular weight excluding hydrogens is 610 g/mol. The molecule has 0 aliphatic heterocycles. The zero-order valence-corrected chi connectivity index (χ0v) is 27.7. The monoisotopic (exact) mass is 653 g/mol. The molecule has 0 spiro atoms. The number of hydrogen-bond donors (Lipinski definition) is 1. The van der Waals surface area contributed by atoms with E-state index in [-0.39, 0.29) is 19.1 Å². The fourth-order valence-corrected chi connectivity index (χ4v) is 6.38. The molecule has 6 heteroatoms. The number of ether oxygens (including phenoxy) is 4. The van der Waals surface area contributed by atoms with Crippen molar-refractivity contribution in [1.29, 1.82) is 0 Å². The Hall–Kier alpha value is -5.01. The molecule has 250 valence electrons. The van der Waals surface area contributed by atoms with E-state index in [2.05, 4.69) is 36.2 Å². The molecule has 0 bridgehead atoms.